The van der Waals surface area contributed by atoms with Crippen molar-refractivity contribution in [1.82, 2.24) is 20.0 Å². The molecule has 0 atom stereocenters. The van der Waals surface area contributed by atoms with Gasteiger partial charge in [0.2, 0.25) is 5.13 Å². The molecule has 0 fully saturated rings. The van der Waals surface area contributed by atoms with E-state index in [0.717, 1.165) is 22.1 Å². The smallest absolute Gasteiger partial charge is 0.274 e. The van der Waals surface area contributed by atoms with Gasteiger partial charge in [0, 0.05) is 18.5 Å². The second-order valence-corrected chi connectivity index (χ2v) is 6.70. The minimum Gasteiger partial charge on any atom is -0.360 e. The average Bonchev–Trinajstić information content (AvgIpc) is 2.98. The van der Waals surface area contributed by atoms with Gasteiger partial charge in [-0.15, -0.1) is 10.2 Å². The van der Waals surface area contributed by atoms with Crippen molar-refractivity contribution in [3.63, 3.8) is 0 Å². The van der Waals surface area contributed by atoms with Crippen LogP contribution in [0, 0.1) is 5.92 Å². The zero-order valence-electron chi connectivity index (χ0n) is 13.4. The summed E-state index contributed by atoms with van der Waals surface area (Å²) in [6, 6.07) is 7.53. The fourth-order valence-corrected chi connectivity index (χ4v) is 3.21. The number of rotatable bonds is 5. The lowest BCUT2D eigenvalue weighted by Crippen LogP contribution is -2.25. The van der Waals surface area contributed by atoms with E-state index in [1.54, 1.807) is 0 Å². The number of nitrogens with one attached hydrogen (secondary N) is 1. The Kier molecular flexibility index (Phi) is 4.38. The van der Waals surface area contributed by atoms with Gasteiger partial charge in [-0.05, 0) is 18.9 Å². The Labute approximate surface area is 138 Å². The van der Waals surface area contributed by atoms with Gasteiger partial charge < -0.3 is 5.32 Å². The predicted molar refractivity (Wildman–Crippen MR) is 93.9 cm³/mol. The Hall–Kier alpha value is -2.28. The van der Waals surface area contributed by atoms with Crippen LogP contribution in [0.5, 0.6) is 0 Å². The van der Waals surface area contributed by atoms with Crippen LogP contribution < -0.4 is 10.9 Å². The average molecular weight is 329 g/mol. The van der Waals surface area contributed by atoms with Gasteiger partial charge in [0.05, 0.1) is 5.39 Å². The maximum atomic E-state index is 12.6. The summed E-state index contributed by atoms with van der Waals surface area (Å²) in [6.45, 7) is 7.51. The molecule has 0 aliphatic carbocycles. The van der Waals surface area contributed by atoms with Crippen LogP contribution in [0.3, 0.4) is 0 Å². The number of aromatic nitrogens is 4. The van der Waals surface area contributed by atoms with Crippen LogP contribution in [0.1, 0.15) is 20.8 Å². The number of nitrogens with zero attached hydrogens (tertiary/aromatic N) is 4. The van der Waals surface area contributed by atoms with Gasteiger partial charge in [0.15, 0.2) is 5.01 Å². The third-order valence-corrected chi connectivity index (χ3v) is 4.25. The molecule has 0 radical (unpaired) electrons. The quantitative estimate of drug-likeness (QED) is 0.779. The van der Waals surface area contributed by atoms with Crippen molar-refractivity contribution >= 4 is 27.2 Å². The summed E-state index contributed by atoms with van der Waals surface area (Å²) < 4.78 is 1.54. The zero-order chi connectivity index (χ0) is 16.4. The van der Waals surface area contributed by atoms with Crippen LogP contribution in [0.25, 0.3) is 21.5 Å². The van der Waals surface area contributed by atoms with Crippen molar-refractivity contribution in [2.75, 3.05) is 11.9 Å². The molecule has 7 heteroatoms. The molecule has 0 bridgehead atoms. The molecule has 23 heavy (non-hydrogen) atoms. The summed E-state index contributed by atoms with van der Waals surface area (Å²) in [5.41, 5.74) is 0.650. The minimum absolute atomic E-state index is 0.0607. The predicted octanol–water partition coefficient (Wildman–Crippen LogP) is 3.00. The van der Waals surface area contributed by atoms with E-state index in [2.05, 4.69) is 34.5 Å². The molecule has 0 aliphatic heterocycles. The van der Waals surface area contributed by atoms with Crippen LogP contribution in [-0.2, 0) is 6.54 Å². The van der Waals surface area contributed by atoms with Crippen LogP contribution in [0.2, 0.25) is 0 Å². The molecule has 2 aromatic heterocycles. The van der Waals surface area contributed by atoms with Gasteiger partial charge in [-0.3, -0.25) is 4.79 Å². The molecule has 0 aliphatic rings. The van der Waals surface area contributed by atoms with E-state index in [1.165, 1.54) is 16.0 Å². The molecular formula is C16H19N5OS. The number of hydrogen-bond donors (Lipinski definition) is 1. The number of benzene rings is 1. The Morgan fingerprint density at radius 1 is 1.22 bits per heavy atom. The normalized spacial score (nSPS) is 11.3. The number of anilines is 1. The van der Waals surface area contributed by atoms with Crippen molar-refractivity contribution in [1.29, 1.82) is 0 Å². The van der Waals surface area contributed by atoms with E-state index in [4.69, 9.17) is 0 Å². The standard InChI is InChI=1S/C16H19N5OS/c1-4-17-16-19-18-14(23-16)13-11-7-5-6-8-12(11)15(22)21(20-13)9-10(2)3/h5-8,10H,4,9H2,1-3H3,(H,17,19). The van der Waals surface area contributed by atoms with E-state index >= 15 is 0 Å². The second-order valence-electron chi connectivity index (χ2n) is 5.72. The summed E-state index contributed by atoms with van der Waals surface area (Å²) in [7, 11) is 0. The first kappa shape index (κ1) is 15.6. The summed E-state index contributed by atoms with van der Waals surface area (Å²) in [6.07, 6.45) is 0. The summed E-state index contributed by atoms with van der Waals surface area (Å²) in [5.74, 6) is 0.334. The van der Waals surface area contributed by atoms with Crippen molar-refractivity contribution in [3.05, 3.63) is 34.6 Å². The number of hydrogen-bond acceptors (Lipinski definition) is 6. The van der Waals surface area contributed by atoms with Crippen LogP contribution in [0.15, 0.2) is 29.1 Å². The molecule has 0 amide bonds. The lowest BCUT2D eigenvalue weighted by Gasteiger charge is -2.11. The Morgan fingerprint density at radius 2 is 1.96 bits per heavy atom. The topological polar surface area (TPSA) is 72.7 Å². The van der Waals surface area contributed by atoms with Gasteiger partial charge in [0.1, 0.15) is 5.69 Å². The molecule has 120 valence electrons. The first-order chi connectivity index (χ1) is 11.1. The molecule has 3 aromatic rings. The molecule has 0 saturated carbocycles. The maximum absolute atomic E-state index is 12.6. The fourth-order valence-electron chi connectivity index (χ4n) is 2.40. The van der Waals surface area contributed by atoms with Crippen LogP contribution in [0.4, 0.5) is 5.13 Å². The van der Waals surface area contributed by atoms with Crippen LogP contribution >= 0.6 is 11.3 Å². The van der Waals surface area contributed by atoms with Gasteiger partial charge in [0.25, 0.3) is 5.56 Å². The Morgan fingerprint density at radius 3 is 2.65 bits per heavy atom. The first-order valence-electron chi connectivity index (χ1n) is 7.67. The van der Waals surface area contributed by atoms with Gasteiger partial charge in [-0.1, -0.05) is 43.4 Å². The SMILES string of the molecule is CCNc1nnc(-c2nn(CC(C)C)c(=O)c3ccccc23)s1. The van der Waals surface area contributed by atoms with Gasteiger partial charge >= 0.3 is 0 Å². The second kappa shape index (κ2) is 6.45. The Balaban J connectivity index is 2.21. The molecule has 6 nitrogen and oxygen atoms in total. The minimum atomic E-state index is -0.0607. The molecule has 1 aromatic carbocycles. The lowest BCUT2D eigenvalue weighted by molar-refractivity contribution is 0.468. The van der Waals surface area contributed by atoms with Gasteiger partial charge in [-0.25, -0.2) is 4.68 Å². The van der Waals surface area contributed by atoms with E-state index in [-0.39, 0.29) is 5.56 Å². The monoisotopic (exact) mass is 329 g/mol. The van der Waals surface area contributed by atoms with E-state index in [9.17, 15) is 4.79 Å². The molecule has 0 saturated heterocycles. The summed E-state index contributed by atoms with van der Waals surface area (Å²) in [4.78, 5) is 12.6. The van der Waals surface area contributed by atoms with Crippen molar-refractivity contribution in [2.45, 2.75) is 27.3 Å². The molecule has 1 N–H and O–H groups in total. The van der Waals surface area contributed by atoms with Crippen molar-refractivity contribution in [3.8, 4) is 10.7 Å². The molecular weight excluding hydrogens is 310 g/mol. The maximum Gasteiger partial charge on any atom is 0.274 e. The zero-order valence-corrected chi connectivity index (χ0v) is 14.2. The fraction of sp³-hybridized carbons (Fsp3) is 0.375. The highest BCUT2D eigenvalue weighted by atomic mass is 32.1. The van der Waals surface area contributed by atoms with Crippen molar-refractivity contribution < 1.29 is 0 Å². The van der Waals surface area contributed by atoms with E-state index in [1.807, 2.05) is 31.2 Å². The number of fused-ring (bicyclic) bond motifs is 1. The summed E-state index contributed by atoms with van der Waals surface area (Å²) >= 11 is 1.45. The first-order valence-corrected chi connectivity index (χ1v) is 8.49. The highest BCUT2D eigenvalue weighted by Crippen LogP contribution is 2.29. The van der Waals surface area contributed by atoms with Crippen molar-refractivity contribution in [2.24, 2.45) is 5.92 Å². The summed E-state index contributed by atoms with van der Waals surface area (Å²) in [5, 5.41) is 19.0. The Bertz CT molecular complexity index is 884. The van der Waals surface area contributed by atoms with Crippen LogP contribution in [-0.4, -0.2) is 26.5 Å². The highest BCUT2D eigenvalue weighted by Gasteiger charge is 2.16. The molecule has 0 unspecified atom stereocenters. The van der Waals surface area contributed by atoms with E-state index in [0.29, 0.717) is 23.5 Å². The van der Waals surface area contributed by atoms with E-state index < -0.39 is 0 Å². The lowest BCUT2D eigenvalue weighted by atomic mass is 10.1. The van der Waals surface area contributed by atoms with Gasteiger partial charge in [-0.2, -0.15) is 5.10 Å². The molecule has 0 spiro atoms. The third-order valence-electron chi connectivity index (χ3n) is 3.36. The molecule has 2 heterocycles. The largest absolute Gasteiger partial charge is 0.360 e. The highest BCUT2D eigenvalue weighted by molar-refractivity contribution is 7.18. The third kappa shape index (κ3) is 3.10. The molecule has 3 rings (SSSR count).